The van der Waals surface area contributed by atoms with Gasteiger partial charge in [-0.15, -0.1) is 11.6 Å². The third kappa shape index (κ3) is 3.14. The maximum absolute atomic E-state index is 5.65. The number of rotatable bonds is 3. The summed E-state index contributed by atoms with van der Waals surface area (Å²) < 4.78 is 11.0. The maximum Gasteiger partial charge on any atom is 0.185 e. The standard InChI is InChI=1S/C10H15ClO2/c1-3-4-5-6-10(2)12-8-9(7-11)13-10/h3-6,9H,7-8H2,1-2H3/b4-3+,6-5+. The summed E-state index contributed by atoms with van der Waals surface area (Å²) in [5.74, 6) is -0.119. The topological polar surface area (TPSA) is 18.5 Å². The number of allylic oxidation sites excluding steroid dienone is 3. The molecule has 0 amide bonds. The van der Waals surface area contributed by atoms with Gasteiger partial charge in [-0.25, -0.2) is 0 Å². The highest BCUT2D eigenvalue weighted by Gasteiger charge is 2.34. The second-order valence-corrected chi connectivity index (χ2v) is 3.41. The highest BCUT2D eigenvalue weighted by molar-refractivity contribution is 6.18. The van der Waals surface area contributed by atoms with Gasteiger partial charge in [0.1, 0.15) is 0 Å². The fourth-order valence-corrected chi connectivity index (χ4v) is 1.31. The van der Waals surface area contributed by atoms with Crippen molar-refractivity contribution in [3.63, 3.8) is 0 Å². The third-order valence-electron chi connectivity index (χ3n) is 1.83. The Morgan fingerprint density at radius 2 is 2.31 bits per heavy atom. The molecule has 1 fully saturated rings. The molecule has 1 heterocycles. The molecule has 2 atom stereocenters. The number of hydrogen-bond acceptors (Lipinski definition) is 2. The van der Waals surface area contributed by atoms with Crippen LogP contribution >= 0.6 is 11.6 Å². The minimum atomic E-state index is -0.598. The van der Waals surface area contributed by atoms with Crippen LogP contribution < -0.4 is 0 Å². The lowest BCUT2D eigenvalue weighted by Gasteiger charge is -2.17. The number of alkyl halides is 1. The first kappa shape index (κ1) is 10.8. The van der Waals surface area contributed by atoms with Crippen LogP contribution in [-0.2, 0) is 9.47 Å². The van der Waals surface area contributed by atoms with Crippen LogP contribution in [0.3, 0.4) is 0 Å². The second kappa shape index (κ2) is 4.80. The van der Waals surface area contributed by atoms with E-state index in [1.807, 2.05) is 38.2 Å². The van der Waals surface area contributed by atoms with Crippen molar-refractivity contribution in [1.82, 2.24) is 0 Å². The summed E-state index contributed by atoms with van der Waals surface area (Å²) in [5.41, 5.74) is 0. The van der Waals surface area contributed by atoms with Gasteiger partial charge < -0.3 is 9.47 Å². The average Bonchev–Trinajstić information content (AvgIpc) is 2.49. The SMILES string of the molecule is C/C=C/C=C/C1(C)OCC(CCl)O1. The Morgan fingerprint density at radius 1 is 1.54 bits per heavy atom. The zero-order valence-corrected chi connectivity index (χ0v) is 8.75. The first-order valence-corrected chi connectivity index (χ1v) is 4.92. The summed E-state index contributed by atoms with van der Waals surface area (Å²) in [4.78, 5) is 0. The van der Waals surface area contributed by atoms with Gasteiger partial charge in [0.05, 0.1) is 18.6 Å². The number of ether oxygens (including phenoxy) is 2. The van der Waals surface area contributed by atoms with Gasteiger partial charge in [-0.05, 0) is 19.9 Å². The Hall–Kier alpha value is -0.310. The highest BCUT2D eigenvalue weighted by atomic mass is 35.5. The fraction of sp³-hybridized carbons (Fsp3) is 0.600. The van der Waals surface area contributed by atoms with E-state index < -0.39 is 5.79 Å². The Labute approximate surface area is 84.2 Å². The van der Waals surface area contributed by atoms with Crippen molar-refractivity contribution in [3.8, 4) is 0 Å². The third-order valence-corrected chi connectivity index (χ3v) is 2.18. The van der Waals surface area contributed by atoms with Gasteiger partial charge in [0.15, 0.2) is 5.79 Å². The fourth-order valence-electron chi connectivity index (χ4n) is 1.16. The minimum absolute atomic E-state index is 0.0157. The molecule has 1 aliphatic rings. The molecule has 1 rings (SSSR count). The van der Waals surface area contributed by atoms with Gasteiger partial charge in [0, 0.05) is 0 Å². The van der Waals surface area contributed by atoms with Gasteiger partial charge in [-0.3, -0.25) is 0 Å². The zero-order chi connectivity index (χ0) is 9.73. The first-order valence-electron chi connectivity index (χ1n) is 4.38. The summed E-state index contributed by atoms with van der Waals surface area (Å²) in [6.45, 7) is 4.42. The molecule has 2 nitrogen and oxygen atoms in total. The molecular formula is C10H15ClO2. The molecule has 0 radical (unpaired) electrons. The average molecular weight is 203 g/mol. The molecule has 0 N–H and O–H groups in total. The summed E-state index contributed by atoms with van der Waals surface area (Å²) >= 11 is 5.65. The van der Waals surface area contributed by atoms with Crippen molar-refractivity contribution in [2.24, 2.45) is 0 Å². The lowest BCUT2D eigenvalue weighted by molar-refractivity contribution is -0.110. The second-order valence-electron chi connectivity index (χ2n) is 3.11. The molecular weight excluding hydrogens is 188 g/mol. The largest absolute Gasteiger partial charge is 0.344 e. The lowest BCUT2D eigenvalue weighted by Crippen LogP contribution is -2.23. The summed E-state index contributed by atoms with van der Waals surface area (Å²) in [6.07, 6.45) is 7.71. The molecule has 0 spiro atoms. The van der Waals surface area contributed by atoms with E-state index in [0.717, 1.165) is 0 Å². The molecule has 0 saturated carbocycles. The van der Waals surface area contributed by atoms with E-state index in [9.17, 15) is 0 Å². The van der Waals surface area contributed by atoms with Crippen molar-refractivity contribution in [3.05, 3.63) is 24.3 Å². The smallest absolute Gasteiger partial charge is 0.185 e. The molecule has 0 aromatic carbocycles. The Balaban J connectivity index is 2.49. The van der Waals surface area contributed by atoms with Crippen molar-refractivity contribution >= 4 is 11.6 Å². The Bertz CT molecular complexity index is 213. The van der Waals surface area contributed by atoms with Gasteiger partial charge >= 0.3 is 0 Å². The summed E-state index contributed by atoms with van der Waals surface area (Å²) in [7, 11) is 0. The molecule has 0 bridgehead atoms. The zero-order valence-electron chi connectivity index (χ0n) is 8.00. The van der Waals surface area contributed by atoms with Crippen LogP contribution in [0.15, 0.2) is 24.3 Å². The monoisotopic (exact) mass is 202 g/mol. The van der Waals surface area contributed by atoms with Crippen molar-refractivity contribution in [1.29, 1.82) is 0 Å². The Kier molecular flexibility index (Phi) is 3.97. The number of hydrogen-bond donors (Lipinski definition) is 0. The van der Waals surface area contributed by atoms with E-state index in [1.54, 1.807) is 0 Å². The quantitative estimate of drug-likeness (QED) is 0.517. The van der Waals surface area contributed by atoms with Crippen LogP contribution in [0.25, 0.3) is 0 Å². The molecule has 2 unspecified atom stereocenters. The van der Waals surface area contributed by atoms with E-state index in [1.165, 1.54) is 0 Å². The molecule has 3 heteroatoms. The summed E-state index contributed by atoms with van der Waals surface area (Å²) in [5, 5.41) is 0. The van der Waals surface area contributed by atoms with Crippen LogP contribution in [0.4, 0.5) is 0 Å². The van der Waals surface area contributed by atoms with Crippen molar-refractivity contribution < 1.29 is 9.47 Å². The van der Waals surface area contributed by atoms with E-state index >= 15 is 0 Å². The number of halogens is 1. The van der Waals surface area contributed by atoms with Crippen LogP contribution in [-0.4, -0.2) is 24.4 Å². The van der Waals surface area contributed by atoms with Crippen LogP contribution in [0.5, 0.6) is 0 Å². The predicted octanol–water partition coefficient (Wildman–Crippen LogP) is 2.49. The van der Waals surface area contributed by atoms with Crippen LogP contribution in [0.1, 0.15) is 13.8 Å². The molecule has 74 valence electrons. The molecule has 1 aliphatic heterocycles. The predicted molar refractivity (Wildman–Crippen MR) is 53.9 cm³/mol. The molecule has 0 aromatic rings. The lowest BCUT2D eigenvalue weighted by atomic mass is 10.3. The van der Waals surface area contributed by atoms with Crippen molar-refractivity contribution in [2.45, 2.75) is 25.7 Å². The summed E-state index contributed by atoms with van der Waals surface area (Å²) in [6, 6.07) is 0. The molecule has 13 heavy (non-hydrogen) atoms. The van der Waals surface area contributed by atoms with Gasteiger partial charge in [0.25, 0.3) is 0 Å². The molecule has 1 saturated heterocycles. The molecule has 0 aliphatic carbocycles. The van der Waals surface area contributed by atoms with Crippen LogP contribution in [0.2, 0.25) is 0 Å². The van der Waals surface area contributed by atoms with Crippen LogP contribution in [0, 0.1) is 0 Å². The van der Waals surface area contributed by atoms with Gasteiger partial charge in [-0.2, -0.15) is 0 Å². The normalized spacial score (nSPS) is 35.2. The van der Waals surface area contributed by atoms with E-state index in [0.29, 0.717) is 12.5 Å². The van der Waals surface area contributed by atoms with Gasteiger partial charge in [-0.1, -0.05) is 18.2 Å². The first-order chi connectivity index (χ1) is 6.20. The molecule has 0 aromatic heterocycles. The van der Waals surface area contributed by atoms with Gasteiger partial charge in [0.2, 0.25) is 0 Å². The highest BCUT2D eigenvalue weighted by Crippen LogP contribution is 2.25. The van der Waals surface area contributed by atoms with E-state index in [2.05, 4.69) is 0 Å². The van der Waals surface area contributed by atoms with E-state index in [4.69, 9.17) is 21.1 Å². The Morgan fingerprint density at radius 3 is 2.85 bits per heavy atom. The van der Waals surface area contributed by atoms with E-state index in [-0.39, 0.29) is 6.10 Å². The minimum Gasteiger partial charge on any atom is -0.344 e. The maximum atomic E-state index is 5.65. The van der Waals surface area contributed by atoms with Crippen molar-refractivity contribution in [2.75, 3.05) is 12.5 Å².